The summed E-state index contributed by atoms with van der Waals surface area (Å²) < 4.78 is 28.9. The molecule has 3 aromatic carbocycles. The summed E-state index contributed by atoms with van der Waals surface area (Å²) in [6.45, 7) is 2.10. The highest BCUT2D eigenvalue weighted by molar-refractivity contribution is 9.10. The zero-order valence-corrected chi connectivity index (χ0v) is 30.7. The van der Waals surface area contributed by atoms with Crippen LogP contribution in [-0.2, 0) is 46.5 Å². The average Bonchev–Trinajstić information content (AvgIpc) is 3.06. The van der Waals surface area contributed by atoms with E-state index in [-0.39, 0.29) is 26.2 Å². The molecule has 9 nitrogen and oxygen atoms in total. The summed E-state index contributed by atoms with van der Waals surface area (Å²) in [4.78, 5) is 40.7. The predicted octanol–water partition coefficient (Wildman–Crippen LogP) is 8.08. The summed E-state index contributed by atoms with van der Waals surface area (Å²) in [5.74, 6) is -1.27. The third kappa shape index (κ3) is 12.3. The van der Waals surface area contributed by atoms with E-state index in [1.54, 1.807) is 0 Å². The van der Waals surface area contributed by atoms with Crippen molar-refractivity contribution < 1.29 is 38.1 Å². The van der Waals surface area contributed by atoms with E-state index in [1.807, 2.05) is 97.1 Å². The van der Waals surface area contributed by atoms with Gasteiger partial charge in [-0.25, -0.2) is 4.79 Å². The lowest BCUT2D eigenvalue weighted by molar-refractivity contribution is -0.216. The van der Waals surface area contributed by atoms with Gasteiger partial charge in [-0.05, 0) is 35.2 Å². The Morgan fingerprint density at radius 2 is 1.33 bits per heavy atom. The number of likely N-dealkylation sites (tertiary alicyclic amines) is 1. The van der Waals surface area contributed by atoms with E-state index in [0.29, 0.717) is 0 Å². The molecule has 0 N–H and O–H groups in total. The van der Waals surface area contributed by atoms with Crippen molar-refractivity contribution in [2.45, 2.75) is 67.7 Å². The first-order valence-corrected chi connectivity index (χ1v) is 17.4. The second-order valence-corrected chi connectivity index (χ2v) is 14.7. The van der Waals surface area contributed by atoms with Gasteiger partial charge in [-0.3, -0.25) is 14.5 Å². The molecule has 4 rings (SSSR count). The van der Waals surface area contributed by atoms with Crippen molar-refractivity contribution >= 4 is 74.8 Å². The maximum absolute atomic E-state index is 14.0. The van der Waals surface area contributed by atoms with Crippen LogP contribution in [0.4, 0.5) is 4.79 Å². The lowest BCUT2D eigenvalue weighted by Gasteiger charge is -2.51. The maximum atomic E-state index is 14.0. The van der Waals surface area contributed by atoms with Gasteiger partial charge in [0.05, 0.1) is 31.9 Å². The lowest BCUT2D eigenvalue weighted by atomic mass is 9.85. The number of alkyl halides is 3. The SMILES string of the molecule is CC(=O)O[C@@H]1[C@@H](OCc2ccccc2)[C@H](OC(C)=O)[C@@H](COCc2ccccc2)N(C(=O)OCC(Cl)(Cl)Cl)[C@@H]1C/C=C/c1ccc(Br)cc1. The van der Waals surface area contributed by atoms with Crippen LogP contribution in [0.1, 0.15) is 37.0 Å². The Kier molecular flexibility index (Phi) is 14.8. The normalized spacial score (nSPS) is 20.9. The number of benzene rings is 3. The summed E-state index contributed by atoms with van der Waals surface area (Å²) in [7, 11) is 0. The Morgan fingerprint density at radius 1 is 0.776 bits per heavy atom. The molecular formula is C36H37BrCl3NO8. The van der Waals surface area contributed by atoms with Crippen LogP contribution in [0.25, 0.3) is 6.08 Å². The van der Waals surface area contributed by atoms with Crippen molar-refractivity contribution in [3.8, 4) is 0 Å². The highest BCUT2D eigenvalue weighted by Gasteiger charge is 2.55. The molecular weight excluding hydrogens is 761 g/mol. The van der Waals surface area contributed by atoms with Gasteiger partial charge in [-0.15, -0.1) is 0 Å². The highest BCUT2D eigenvalue weighted by atomic mass is 79.9. The fourth-order valence-electron chi connectivity index (χ4n) is 5.52. The molecule has 0 radical (unpaired) electrons. The Bertz CT molecular complexity index is 1540. The zero-order valence-electron chi connectivity index (χ0n) is 26.9. The third-order valence-corrected chi connectivity index (χ3v) is 8.39. The Hall–Kier alpha value is -3.12. The van der Waals surface area contributed by atoms with E-state index < -0.39 is 58.8 Å². The molecule has 13 heteroatoms. The average molecular weight is 798 g/mol. The quantitative estimate of drug-likeness (QED) is 0.0973. The molecule has 0 aromatic heterocycles. The summed E-state index contributed by atoms with van der Waals surface area (Å²) in [6, 6.07) is 24.6. The van der Waals surface area contributed by atoms with Gasteiger partial charge < -0.3 is 23.7 Å². The first kappa shape index (κ1) is 38.7. The standard InChI is InChI=1S/C36H37BrCl3NO8/c1-24(42)48-32-30(15-9-14-26-16-18-29(37)19-17-26)41(35(44)47-23-36(38,39)40)31(22-45-20-27-10-5-3-6-11-27)33(49-25(2)43)34(32)46-21-28-12-7-4-8-13-28/h3-14,16-19,30-34H,15,20-23H2,1-2H3/b14-9+/t30-,31-,32+,33-,34-/m1/s1. The van der Waals surface area contributed by atoms with Crippen molar-refractivity contribution in [3.63, 3.8) is 0 Å². The van der Waals surface area contributed by atoms with Gasteiger partial charge >= 0.3 is 18.0 Å². The van der Waals surface area contributed by atoms with Crippen LogP contribution in [0.3, 0.4) is 0 Å². The highest BCUT2D eigenvalue weighted by Crippen LogP contribution is 2.35. The van der Waals surface area contributed by atoms with Gasteiger partial charge in [0.2, 0.25) is 3.79 Å². The molecule has 0 unspecified atom stereocenters. The summed E-state index contributed by atoms with van der Waals surface area (Å²) in [6.07, 6.45) is -0.300. The number of nitrogens with zero attached hydrogens (tertiary/aromatic N) is 1. The molecule has 0 bridgehead atoms. The van der Waals surface area contributed by atoms with Gasteiger partial charge in [0.25, 0.3) is 0 Å². The van der Waals surface area contributed by atoms with Crippen LogP contribution in [0.5, 0.6) is 0 Å². The van der Waals surface area contributed by atoms with Gasteiger partial charge in [0.1, 0.15) is 12.7 Å². The number of rotatable bonds is 13. The van der Waals surface area contributed by atoms with Crippen molar-refractivity contribution in [3.05, 3.63) is 112 Å². The van der Waals surface area contributed by atoms with Crippen molar-refractivity contribution in [2.24, 2.45) is 0 Å². The minimum Gasteiger partial charge on any atom is -0.457 e. The minimum atomic E-state index is -1.91. The van der Waals surface area contributed by atoms with Gasteiger partial charge in [-0.2, -0.15) is 0 Å². The molecule has 1 aliphatic rings. The number of esters is 2. The molecule has 1 aliphatic heterocycles. The molecule has 49 heavy (non-hydrogen) atoms. The Balaban J connectivity index is 1.79. The summed E-state index contributed by atoms with van der Waals surface area (Å²) in [5.41, 5.74) is 2.61. The van der Waals surface area contributed by atoms with E-state index in [9.17, 15) is 14.4 Å². The van der Waals surface area contributed by atoms with E-state index >= 15 is 0 Å². The van der Waals surface area contributed by atoms with Gasteiger partial charge in [0, 0.05) is 18.3 Å². The number of hydrogen-bond donors (Lipinski definition) is 0. The number of halogens is 4. The van der Waals surface area contributed by atoms with E-state index in [2.05, 4.69) is 15.9 Å². The van der Waals surface area contributed by atoms with Crippen LogP contribution in [-0.4, -0.2) is 70.3 Å². The molecule has 0 spiro atoms. The van der Waals surface area contributed by atoms with Crippen LogP contribution in [0.15, 0.2) is 95.5 Å². The third-order valence-electron chi connectivity index (χ3n) is 7.54. The minimum absolute atomic E-state index is 0.0950. The number of hydrogen-bond acceptors (Lipinski definition) is 8. The van der Waals surface area contributed by atoms with Crippen LogP contribution in [0, 0.1) is 0 Å². The number of piperidine rings is 1. The van der Waals surface area contributed by atoms with Crippen LogP contribution in [0.2, 0.25) is 0 Å². The van der Waals surface area contributed by atoms with E-state index in [4.69, 9.17) is 58.5 Å². The van der Waals surface area contributed by atoms with Crippen molar-refractivity contribution in [2.75, 3.05) is 13.2 Å². The second-order valence-electron chi connectivity index (χ2n) is 11.3. The number of amides is 1. The molecule has 3 aromatic rings. The number of carbonyl (C=O) groups excluding carboxylic acids is 3. The fourth-order valence-corrected chi connectivity index (χ4v) is 5.95. The molecule has 5 atom stereocenters. The topological polar surface area (TPSA) is 101 Å². The number of ether oxygens (including phenoxy) is 5. The molecule has 1 fully saturated rings. The summed E-state index contributed by atoms with van der Waals surface area (Å²) in [5, 5.41) is 0. The van der Waals surface area contributed by atoms with Crippen molar-refractivity contribution in [1.29, 1.82) is 0 Å². The van der Waals surface area contributed by atoms with Crippen LogP contribution >= 0.6 is 50.7 Å². The molecule has 262 valence electrons. The van der Waals surface area contributed by atoms with Crippen LogP contribution < -0.4 is 0 Å². The molecule has 1 amide bonds. The Labute approximate surface area is 309 Å². The van der Waals surface area contributed by atoms with E-state index in [1.165, 1.54) is 18.7 Å². The van der Waals surface area contributed by atoms with Gasteiger partial charge in [0.15, 0.2) is 12.2 Å². The molecule has 1 heterocycles. The predicted molar refractivity (Wildman–Crippen MR) is 191 cm³/mol. The first-order valence-electron chi connectivity index (χ1n) is 15.5. The Morgan fingerprint density at radius 3 is 1.88 bits per heavy atom. The molecule has 0 aliphatic carbocycles. The lowest BCUT2D eigenvalue weighted by Crippen LogP contribution is -2.70. The molecule has 1 saturated heterocycles. The largest absolute Gasteiger partial charge is 0.457 e. The summed E-state index contributed by atoms with van der Waals surface area (Å²) >= 11 is 21.3. The van der Waals surface area contributed by atoms with E-state index in [0.717, 1.165) is 21.2 Å². The maximum Gasteiger partial charge on any atom is 0.410 e. The molecule has 0 saturated carbocycles. The first-order chi connectivity index (χ1) is 23.4. The zero-order chi connectivity index (χ0) is 35.4. The monoisotopic (exact) mass is 795 g/mol. The number of carbonyl (C=O) groups is 3. The fraction of sp³-hybridized carbons (Fsp3) is 0.361. The van der Waals surface area contributed by atoms with Gasteiger partial charge in [-0.1, -0.05) is 136 Å². The second kappa shape index (κ2) is 18.8. The van der Waals surface area contributed by atoms with Crippen molar-refractivity contribution in [1.82, 2.24) is 4.90 Å². The smallest absolute Gasteiger partial charge is 0.410 e.